The predicted molar refractivity (Wildman–Crippen MR) is 84.0 cm³/mol. The third kappa shape index (κ3) is 9.36. The number of carboxylic acid groups (broad SMARTS) is 1. The van der Waals surface area contributed by atoms with Gasteiger partial charge in [0.25, 0.3) is 0 Å². The molecule has 0 atom stereocenters. The average Bonchev–Trinajstić information content (AvgIpc) is 2.60. The second kappa shape index (κ2) is 12.1. The molecule has 1 heterocycles. The molecule has 12 heteroatoms. The fraction of sp³-hybridized carbons (Fsp3) is 0.714. The van der Waals surface area contributed by atoms with Crippen LogP contribution in [0.3, 0.4) is 0 Å². The number of hydrogen-bond donors (Lipinski definition) is 0. The quantitative estimate of drug-likeness (QED) is 0.366. The summed E-state index contributed by atoms with van der Waals surface area (Å²) >= 11 is 0.341. The average molecular weight is 474 g/mol. The van der Waals surface area contributed by atoms with Gasteiger partial charge in [0.05, 0.1) is 0 Å². The van der Waals surface area contributed by atoms with Gasteiger partial charge in [0.15, 0.2) is 0 Å². The molecular formula is C14H21InN3O8-. The Morgan fingerprint density at radius 2 is 1.50 bits per heavy atom. The van der Waals surface area contributed by atoms with Crippen molar-refractivity contribution in [1.29, 1.82) is 0 Å². The van der Waals surface area contributed by atoms with Crippen molar-refractivity contribution in [3.63, 3.8) is 0 Å². The van der Waals surface area contributed by atoms with Crippen LogP contribution in [0.1, 0.15) is 6.92 Å². The van der Waals surface area contributed by atoms with Crippen LogP contribution in [0.4, 0.5) is 0 Å². The molecule has 0 unspecified atom stereocenters. The van der Waals surface area contributed by atoms with Gasteiger partial charge >= 0.3 is 166 Å². The van der Waals surface area contributed by atoms with Crippen molar-refractivity contribution < 1.29 is 36.9 Å². The molecular weight excluding hydrogens is 453 g/mol. The van der Waals surface area contributed by atoms with E-state index in [0.717, 1.165) is 0 Å². The Bertz CT molecular complexity index is 518. The van der Waals surface area contributed by atoms with Crippen molar-refractivity contribution in [2.75, 3.05) is 58.9 Å². The molecule has 11 nitrogen and oxygen atoms in total. The van der Waals surface area contributed by atoms with Gasteiger partial charge in [0.1, 0.15) is 0 Å². The third-order valence-corrected chi connectivity index (χ3v) is 4.43. The predicted octanol–water partition coefficient (Wildman–Crippen LogP) is -3.70. The van der Waals surface area contributed by atoms with Gasteiger partial charge in [-0.25, -0.2) is 0 Å². The summed E-state index contributed by atoms with van der Waals surface area (Å²) in [5.74, 6) is -3.38. The van der Waals surface area contributed by atoms with Gasteiger partial charge in [-0.3, -0.25) is 0 Å². The molecule has 0 saturated carbocycles. The summed E-state index contributed by atoms with van der Waals surface area (Å²) in [6.45, 7) is 2.89. The van der Waals surface area contributed by atoms with Crippen LogP contribution in [-0.4, -0.2) is 122 Å². The maximum atomic E-state index is 11.7. The van der Waals surface area contributed by atoms with Gasteiger partial charge in [0.2, 0.25) is 0 Å². The van der Waals surface area contributed by atoms with Gasteiger partial charge < -0.3 is 0 Å². The summed E-state index contributed by atoms with van der Waals surface area (Å²) in [5, 5.41) is 10.9. The number of nitrogens with zero attached hydrogens (tertiary/aromatic N) is 3. The molecule has 1 fully saturated rings. The Kier molecular flexibility index (Phi) is 10.5. The van der Waals surface area contributed by atoms with Crippen LogP contribution < -0.4 is 5.11 Å². The second-order valence-corrected chi connectivity index (χ2v) is 6.30. The van der Waals surface area contributed by atoms with E-state index in [1.807, 2.05) is 6.92 Å². The van der Waals surface area contributed by atoms with Crippen LogP contribution in [0.25, 0.3) is 0 Å². The Labute approximate surface area is 166 Å². The molecule has 0 spiro atoms. The molecule has 0 aromatic rings. The fourth-order valence-corrected chi connectivity index (χ4v) is 2.52. The van der Waals surface area contributed by atoms with Crippen molar-refractivity contribution in [2.24, 2.45) is 0 Å². The van der Waals surface area contributed by atoms with E-state index in [4.69, 9.17) is 2.85 Å². The summed E-state index contributed by atoms with van der Waals surface area (Å²) in [6.07, 6.45) is 0. The standard InChI is InChI=1S/C14H23N3O8.In/c1-2-15-3-4-16(7-11(18)19)5-6-17(8-12(20)21)10-14(23)25-24-13(22)9-15;/h2-10H2,1H3,(H,18,19)(H,20,21);/q;+1/p-2. The first-order chi connectivity index (χ1) is 12.3. The molecule has 26 heavy (non-hydrogen) atoms. The first-order valence-electron chi connectivity index (χ1n) is 8.00. The maximum absolute atomic E-state index is 11.7. The molecule has 0 aromatic carbocycles. The summed E-state index contributed by atoms with van der Waals surface area (Å²) in [7, 11) is 0. The van der Waals surface area contributed by atoms with E-state index in [0.29, 0.717) is 51.0 Å². The van der Waals surface area contributed by atoms with E-state index in [1.165, 1.54) is 4.90 Å². The first kappa shape index (κ1) is 22.7. The molecule has 1 saturated heterocycles. The Morgan fingerprint density at radius 3 is 2.00 bits per heavy atom. The first-order valence-corrected chi connectivity index (χ1v) is 9.35. The summed E-state index contributed by atoms with van der Waals surface area (Å²) in [6, 6.07) is 0. The molecule has 2 radical (unpaired) electrons. The molecule has 1 rings (SSSR count). The molecule has 0 aromatic heterocycles. The van der Waals surface area contributed by atoms with Gasteiger partial charge in [-0.15, -0.1) is 0 Å². The van der Waals surface area contributed by atoms with Crippen molar-refractivity contribution in [3.05, 3.63) is 0 Å². The van der Waals surface area contributed by atoms with Crippen LogP contribution >= 0.6 is 0 Å². The molecule has 1 aliphatic heterocycles. The van der Waals surface area contributed by atoms with Crippen LogP contribution in [0.5, 0.6) is 0 Å². The normalized spacial score (nSPS) is 19.4. The van der Waals surface area contributed by atoms with Crippen LogP contribution in [0, 0.1) is 0 Å². The SMILES string of the molecule is CCN1CCN(CC(=O)[O][In])CCN(CC(=O)[O-])CC(=O)OOC(=O)C1. The fourth-order valence-electron chi connectivity index (χ4n) is 2.31. The van der Waals surface area contributed by atoms with E-state index < -0.39 is 31.0 Å². The molecule has 0 bridgehead atoms. The minimum atomic E-state index is -1.36. The summed E-state index contributed by atoms with van der Waals surface area (Å²) in [5.41, 5.74) is 0. The van der Waals surface area contributed by atoms with Crippen molar-refractivity contribution in [3.8, 4) is 0 Å². The number of carbonyl (C=O) groups excluding carboxylic acids is 4. The Balaban J connectivity index is 2.87. The number of hydrogen-bond acceptors (Lipinski definition) is 11. The van der Waals surface area contributed by atoms with Gasteiger partial charge in [-0.05, 0) is 0 Å². The zero-order valence-corrected chi connectivity index (χ0v) is 17.8. The number of rotatable bonds is 5. The van der Waals surface area contributed by atoms with E-state index in [9.17, 15) is 24.3 Å². The zero-order valence-electron chi connectivity index (χ0n) is 14.5. The Morgan fingerprint density at radius 1 is 1.00 bits per heavy atom. The third-order valence-electron chi connectivity index (χ3n) is 3.68. The van der Waals surface area contributed by atoms with E-state index in [1.54, 1.807) is 9.80 Å². The van der Waals surface area contributed by atoms with E-state index in [2.05, 4.69) is 9.78 Å². The summed E-state index contributed by atoms with van der Waals surface area (Å²) in [4.78, 5) is 59.6. The van der Waals surface area contributed by atoms with Crippen LogP contribution in [0.15, 0.2) is 0 Å². The summed E-state index contributed by atoms with van der Waals surface area (Å²) < 4.78 is 4.79. The van der Waals surface area contributed by atoms with Crippen molar-refractivity contribution >= 4 is 48.7 Å². The van der Waals surface area contributed by atoms with Crippen molar-refractivity contribution in [2.45, 2.75) is 6.92 Å². The number of likely N-dealkylation sites (N-methyl/N-ethyl adjacent to an activating group) is 1. The number of aliphatic carboxylic acids is 1. The van der Waals surface area contributed by atoms with Gasteiger partial charge in [-0.2, -0.15) is 0 Å². The molecule has 0 aliphatic carbocycles. The van der Waals surface area contributed by atoms with Gasteiger partial charge in [-0.1, -0.05) is 0 Å². The zero-order chi connectivity index (χ0) is 19.5. The second-order valence-electron chi connectivity index (χ2n) is 5.63. The molecule has 144 valence electrons. The molecule has 0 amide bonds. The molecule has 1 aliphatic rings. The number of carboxylic acids is 1. The molecule has 0 N–H and O–H groups in total. The van der Waals surface area contributed by atoms with Crippen LogP contribution in [0.2, 0.25) is 0 Å². The Hall–Kier alpha value is -1.37. The topological polar surface area (TPSA) is 129 Å². The van der Waals surface area contributed by atoms with E-state index >= 15 is 0 Å². The van der Waals surface area contributed by atoms with Gasteiger partial charge in [0, 0.05) is 0 Å². The monoisotopic (exact) mass is 474 g/mol. The van der Waals surface area contributed by atoms with E-state index in [-0.39, 0.29) is 25.6 Å². The van der Waals surface area contributed by atoms with Crippen LogP contribution in [-0.2, 0) is 31.8 Å². The van der Waals surface area contributed by atoms with Crippen molar-refractivity contribution in [1.82, 2.24) is 14.7 Å². The number of carbonyl (C=O) groups is 4. The minimum absolute atomic E-state index is 0.0346.